The van der Waals surface area contributed by atoms with Crippen molar-refractivity contribution in [1.29, 1.82) is 0 Å². The summed E-state index contributed by atoms with van der Waals surface area (Å²) in [6, 6.07) is 16.2. The summed E-state index contributed by atoms with van der Waals surface area (Å²) >= 11 is 0. The van der Waals surface area contributed by atoms with Crippen molar-refractivity contribution in [3.8, 4) is 16.9 Å². The summed E-state index contributed by atoms with van der Waals surface area (Å²) in [6.45, 7) is 1.82. The maximum absolute atomic E-state index is 12.6. The van der Waals surface area contributed by atoms with E-state index in [4.69, 9.17) is 0 Å². The molecule has 5 heteroatoms. The summed E-state index contributed by atoms with van der Waals surface area (Å²) < 4.78 is 37.9. The zero-order valence-electron chi connectivity index (χ0n) is 13.8. The Morgan fingerprint density at radius 3 is 1.92 bits per heavy atom. The molecule has 0 amide bonds. The highest BCUT2D eigenvalue weighted by Gasteiger charge is 2.29. The summed E-state index contributed by atoms with van der Waals surface area (Å²) in [5.74, 6) is -0.405. The molecule has 0 saturated carbocycles. The van der Waals surface area contributed by atoms with Crippen LogP contribution in [0.5, 0.6) is 5.75 Å². The van der Waals surface area contributed by atoms with Crippen molar-refractivity contribution in [3.63, 3.8) is 0 Å². The first-order valence-electron chi connectivity index (χ1n) is 7.88. The van der Waals surface area contributed by atoms with Gasteiger partial charge in [0.1, 0.15) is 5.75 Å². The number of ketones is 1. The Labute approximate surface area is 148 Å². The molecule has 0 aliphatic heterocycles. The van der Waals surface area contributed by atoms with Gasteiger partial charge < -0.3 is 5.11 Å². The molecule has 0 aromatic heterocycles. The molecule has 0 spiro atoms. The Morgan fingerprint density at radius 1 is 0.846 bits per heavy atom. The van der Waals surface area contributed by atoms with Gasteiger partial charge in [0.15, 0.2) is 5.78 Å². The molecule has 0 unspecified atom stereocenters. The number of carbonyl (C=O) groups is 1. The van der Waals surface area contributed by atoms with Crippen molar-refractivity contribution in [1.82, 2.24) is 0 Å². The van der Waals surface area contributed by atoms with Gasteiger partial charge in [0.05, 0.1) is 11.1 Å². The lowest BCUT2D eigenvalue weighted by atomic mass is 9.97. The number of halogens is 3. The molecule has 0 radical (unpaired) electrons. The predicted molar refractivity (Wildman–Crippen MR) is 93.2 cm³/mol. The van der Waals surface area contributed by atoms with Gasteiger partial charge in [-0.15, -0.1) is 0 Å². The lowest BCUT2D eigenvalue weighted by Gasteiger charge is -2.09. The first kappa shape index (κ1) is 17.7. The van der Waals surface area contributed by atoms with Crippen LogP contribution in [0.15, 0.2) is 66.7 Å². The lowest BCUT2D eigenvalue weighted by molar-refractivity contribution is -0.137. The zero-order valence-corrected chi connectivity index (χ0v) is 13.8. The molecule has 0 aliphatic rings. The normalized spacial score (nSPS) is 11.4. The number of aromatic hydroxyl groups is 1. The number of phenols is 1. The van der Waals surface area contributed by atoms with E-state index in [1.807, 2.05) is 6.92 Å². The standard InChI is InChI=1S/C21H15F3O2/c1-13-2-11-19(25)18(12-13)20(26)16-5-3-14(4-6-16)15-7-9-17(10-8-15)21(22,23)24/h2-12,25H,1H3. The molecule has 132 valence electrons. The van der Waals surface area contributed by atoms with Crippen LogP contribution in [0.4, 0.5) is 13.2 Å². The first-order chi connectivity index (χ1) is 12.3. The number of hydrogen-bond donors (Lipinski definition) is 1. The number of hydrogen-bond acceptors (Lipinski definition) is 2. The van der Waals surface area contributed by atoms with Crippen molar-refractivity contribution in [2.75, 3.05) is 0 Å². The molecule has 1 N–H and O–H groups in total. The van der Waals surface area contributed by atoms with E-state index in [0.717, 1.165) is 17.7 Å². The minimum Gasteiger partial charge on any atom is -0.507 e. The molecular weight excluding hydrogens is 341 g/mol. The van der Waals surface area contributed by atoms with E-state index in [0.29, 0.717) is 16.7 Å². The van der Waals surface area contributed by atoms with Crippen molar-refractivity contribution < 1.29 is 23.1 Å². The number of phenolic OH excluding ortho intramolecular Hbond substituents is 1. The molecule has 0 saturated heterocycles. The molecule has 3 aromatic carbocycles. The summed E-state index contributed by atoms with van der Waals surface area (Å²) in [4.78, 5) is 12.5. The molecule has 0 bridgehead atoms. The summed E-state index contributed by atoms with van der Waals surface area (Å²) in [5, 5.41) is 9.88. The maximum atomic E-state index is 12.6. The van der Waals surface area contributed by atoms with E-state index in [1.165, 1.54) is 18.2 Å². The molecule has 0 heterocycles. The van der Waals surface area contributed by atoms with Crippen molar-refractivity contribution >= 4 is 5.78 Å². The largest absolute Gasteiger partial charge is 0.507 e. The Morgan fingerprint density at radius 2 is 1.38 bits per heavy atom. The van der Waals surface area contributed by atoms with Crippen LogP contribution in [0.25, 0.3) is 11.1 Å². The van der Waals surface area contributed by atoms with E-state index in [-0.39, 0.29) is 17.1 Å². The minimum absolute atomic E-state index is 0.0904. The second-order valence-electron chi connectivity index (χ2n) is 6.00. The first-order valence-corrected chi connectivity index (χ1v) is 7.88. The molecule has 26 heavy (non-hydrogen) atoms. The van der Waals surface area contributed by atoms with Gasteiger partial charge in [0.25, 0.3) is 0 Å². The predicted octanol–water partition coefficient (Wildman–Crippen LogP) is 5.62. The molecule has 0 aliphatic carbocycles. The summed E-state index contributed by atoms with van der Waals surface area (Å²) in [5.41, 5.74) is 2.07. The third-order valence-corrected chi connectivity index (χ3v) is 4.09. The van der Waals surface area contributed by atoms with E-state index >= 15 is 0 Å². The molecule has 0 atom stereocenters. The summed E-state index contributed by atoms with van der Waals surface area (Å²) in [7, 11) is 0. The van der Waals surface area contributed by atoms with Crippen LogP contribution in [-0.4, -0.2) is 10.9 Å². The second kappa shape index (κ2) is 6.67. The molecule has 3 rings (SSSR count). The maximum Gasteiger partial charge on any atom is 0.416 e. The van der Waals surface area contributed by atoms with E-state index in [1.54, 1.807) is 36.4 Å². The van der Waals surface area contributed by atoms with Gasteiger partial charge in [0, 0.05) is 5.56 Å². The second-order valence-corrected chi connectivity index (χ2v) is 6.00. The fourth-order valence-corrected chi connectivity index (χ4v) is 2.65. The Kier molecular flexibility index (Phi) is 4.55. The van der Waals surface area contributed by atoms with E-state index in [2.05, 4.69) is 0 Å². The van der Waals surface area contributed by atoms with Crippen molar-refractivity contribution in [3.05, 3.63) is 89.0 Å². The quantitative estimate of drug-likeness (QED) is 0.619. The number of rotatable bonds is 3. The molecule has 2 nitrogen and oxygen atoms in total. The molecular formula is C21H15F3O2. The van der Waals surface area contributed by atoms with Gasteiger partial charge >= 0.3 is 6.18 Å². The van der Waals surface area contributed by atoms with Gasteiger partial charge in [-0.3, -0.25) is 4.79 Å². The minimum atomic E-state index is -4.37. The molecule has 3 aromatic rings. The number of carbonyl (C=O) groups excluding carboxylic acids is 1. The Hall–Kier alpha value is -3.08. The topological polar surface area (TPSA) is 37.3 Å². The fraction of sp³-hybridized carbons (Fsp3) is 0.0952. The van der Waals surface area contributed by atoms with Crippen LogP contribution < -0.4 is 0 Å². The summed E-state index contributed by atoms with van der Waals surface area (Å²) in [6.07, 6.45) is -4.37. The van der Waals surface area contributed by atoms with Gasteiger partial charge in [-0.25, -0.2) is 0 Å². The van der Waals surface area contributed by atoms with Crippen molar-refractivity contribution in [2.45, 2.75) is 13.1 Å². The van der Waals surface area contributed by atoms with Crippen LogP contribution in [0.1, 0.15) is 27.0 Å². The van der Waals surface area contributed by atoms with Gasteiger partial charge in [0.2, 0.25) is 0 Å². The Balaban J connectivity index is 1.86. The van der Waals surface area contributed by atoms with Crippen LogP contribution >= 0.6 is 0 Å². The zero-order chi connectivity index (χ0) is 18.9. The fourth-order valence-electron chi connectivity index (χ4n) is 2.65. The van der Waals surface area contributed by atoms with Crippen molar-refractivity contribution in [2.24, 2.45) is 0 Å². The van der Waals surface area contributed by atoms with Crippen LogP contribution in [0.2, 0.25) is 0 Å². The lowest BCUT2D eigenvalue weighted by Crippen LogP contribution is -2.04. The number of aryl methyl sites for hydroxylation is 1. The number of benzene rings is 3. The highest BCUT2D eigenvalue weighted by Crippen LogP contribution is 2.31. The van der Waals surface area contributed by atoms with Gasteiger partial charge in [-0.2, -0.15) is 13.2 Å². The van der Waals surface area contributed by atoms with E-state index < -0.39 is 11.7 Å². The molecule has 0 fully saturated rings. The Bertz CT molecular complexity index is 940. The average molecular weight is 356 g/mol. The van der Waals surface area contributed by atoms with Gasteiger partial charge in [-0.05, 0) is 42.3 Å². The van der Waals surface area contributed by atoms with Gasteiger partial charge in [-0.1, -0.05) is 48.0 Å². The van der Waals surface area contributed by atoms with Crippen LogP contribution in [0, 0.1) is 6.92 Å². The number of alkyl halides is 3. The third kappa shape index (κ3) is 3.61. The SMILES string of the molecule is Cc1ccc(O)c(C(=O)c2ccc(-c3ccc(C(F)(F)F)cc3)cc2)c1. The van der Waals surface area contributed by atoms with Crippen LogP contribution in [0.3, 0.4) is 0 Å². The highest BCUT2D eigenvalue weighted by atomic mass is 19.4. The van der Waals surface area contributed by atoms with Crippen LogP contribution in [-0.2, 0) is 6.18 Å². The smallest absolute Gasteiger partial charge is 0.416 e. The monoisotopic (exact) mass is 356 g/mol. The van der Waals surface area contributed by atoms with E-state index in [9.17, 15) is 23.1 Å². The highest BCUT2D eigenvalue weighted by molar-refractivity contribution is 6.10. The third-order valence-electron chi connectivity index (χ3n) is 4.09. The average Bonchev–Trinajstić information content (AvgIpc) is 2.63.